The van der Waals surface area contributed by atoms with Crippen molar-refractivity contribution in [3.63, 3.8) is 0 Å². The predicted octanol–water partition coefficient (Wildman–Crippen LogP) is 4.85. The highest BCUT2D eigenvalue weighted by Crippen LogP contribution is 2.23. The first kappa shape index (κ1) is 21.7. The predicted molar refractivity (Wildman–Crippen MR) is 95.7 cm³/mol. The number of halogens is 1. The Labute approximate surface area is 145 Å². The second-order valence-corrected chi connectivity index (χ2v) is 8.80. The molecule has 1 amide bonds. The third kappa shape index (κ3) is 9.67. The van der Waals surface area contributed by atoms with Gasteiger partial charge in [0, 0.05) is 18.5 Å². The number of alkyl halides is 1. The molecule has 1 unspecified atom stereocenters. The van der Waals surface area contributed by atoms with E-state index in [2.05, 4.69) is 36.7 Å². The fourth-order valence-corrected chi connectivity index (χ4v) is 2.10. The van der Waals surface area contributed by atoms with Gasteiger partial charge in [-0.1, -0.05) is 36.7 Å². The molecule has 1 atom stereocenters. The molecular formula is C17H34BrNO3. The topological polar surface area (TPSA) is 38.8 Å². The second kappa shape index (κ2) is 8.53. The van der Waals surface area contributed by atoms with Crippen LogP contribution in [0.5, 0.6) is 0 Å². The lowest BCUT2D eigenvalue weighted by Crippen LogP contribution is -2.48. The van der Waals surface area contributed by atoms with Crippen LogP contribution in [0.4, 0.5) is 4.79 Å². The molecule has 0 fully saturated rings. The molecule has 0 aromatic rings. The molecular weight excluding hydrogens is 346 g/mol. The SMILES string of the molecule is CCN(CC(C)(CBr)OCCC(C)(C)C)C(=O)OC(C)(C)C. The average molecular weight is 380 g/mol. The van der Waals surface area contributed by atoms with Crippen molar-refractivity contribution in [2.45, 2.75) is 73.0 Å². The molecule has 0 aromatic heterocycles. The van der Waals surface area contributed by atoms with Crippen LogP contribution in [0.1, 0.15) is 61.8 Å². The first-order valence-electron chi connectivity index (χ1n) is 8.00. The number of rotatable bonds is 7. The van der Waals surface area contributed by atoms with E-state index < -0.39 is 11.2 Å². The molecule has 0 N–H and O–H groups in total. The fraction of sp³-hybridized carbons (Fsp3) is 0.941. The summed E-state index contributed by atoms with van der Waals surface area (Å²) < 4.78 is 11.5. The third-order valence-electron chi connectivity index (χ3n) is 3.14. The molecule has 0 saturated carbocycles. The van der Waals surface area contributed by atoms with E-state index in [-0.39, 0.29) is 11.5 Å². The molecule has 0 aliphatic rings. The molecule has 0 aliphatic heterocycles. The van der Waals surface area contributed by atoms with Crippen molar-refractivity contribution in [3.05, 3.63) is 0 Å². The maximum Gasteiger partial charge on any atom is 0.410 e. The molecule has 0 spiro atoms. The molecule has 5 heteroatoms. The number of carbonyl (C=O) groups is 1. The van der Waals surface area contributed by atoms with Crippen LogP contribution < -0.4 is 0 Å². The van der Waals surface area contributed by atoms with Gasteiger partial charge in [0.1, 0.15) is 5.60 Å². The number of amides is 1. The zero-order chi connectivity index (χ0) is 17.6. The quantitative estimate of drug-likeness (QED) is 0.593. The summed E-state index contributed by atoms with van der Waals surface area (Å²) in [6.45, 7) is 18.0. The van der Waals surface area contributed by atoms with Crippen molar-refractivity contribution in [2.75, 3.05) is 25.0 Å². The minimum absolute atomic E-state index is 0.239. The molecule has 0 aromatic carbocycles. The molecule has 0 saturated heterocycles. The standard InChI is InChI=1S/C17H34BrNO3/c1-9-19(14(20)22-16(5,6)7)13-17(8,12-18)21-11-10-15(2,3)4/h9-13H2,1-8H3. The summed E-state index contributed by atoms with van der Waals surface area (Å²) in [6, 6.07) is 0. The third-order valence-corrected chi connectivity index (χ3v) is 4.33. The van der Waals surface area contributed by atoms with Gasteiger partial charge in [-0.15, -0.1) is 0 Å². The Morgan fingerprint density at radius 1 is 1.09 bits per heavy atom. The van der Waals surface area contributed by atoms with Crippen molar-refractivity contribution in [1.29, 1.82) is 0 Å². The number of ether oxygens (including phenoxy) is 2. The Kier molecular flexibility index (Phi) is 8.42. The minimum Gasteiger partial charge on any atom is -0.444 e. The van der Waals surface area contributed by atoms with Gasteiger partial charge in [-0.25, -0.2) is 4.79 Å². The zero-order valence-corrected chi connectivity index (χ0v) is 17.2. The average Bonchev–Trinajstić information content (AvgIpc) is 2.32. The monoisotopic (exact) mass is 379 g/mol. The van der Waals surface area contributed by atoms with Gasteiger partial charge in [0.2, 0.25) is 0 Å². The lowest BCUT2D eigenvalue weighted by atomic mass is 9.93. The van der Waals surface area contributed by atoms with Crippen LogP contribution in [0, 0.1) is 5.41 Å². The van der Waals surface area contributed by atoms with E-state index in [0.717, 1.165) is 6.42 Å². The van der Waals surface area contributed by atoms with Crippen LogP contribution in [0.25, 0.3) is 0 Å². The van der Waals surface area contributed by atoms with E-state index in [9.17, 15) is 4.79 Å². The van der Waals surface area contributed by atoms with Crippen LogP contribution in [0.2, 0.25) is 0 Å². The largest absolute Gasteiger partial charge is 0.444 e. The summed E-state index contributed by atoms with van der Waals surface area (Å²) in [5.41, 5.74) is -0.663. The van der Waals surface area contributed by atoms with Crippen molar-refractivity contribution >= 4 is 22.0 Å². The second-order valence-electron chi connectivity index (χ2n) is 8.24. The minimum atomic E-state index is -0.484. The number of nitrogens with zero attached hydrogens (tertiary/aromatic N) is 1. The lowest BCUT2D eigenvalue weighted by molar-refractivity contribution is -0.0488. The molecule has 0 aliphatic carbocycles. The zero-order valence-electron chi connectivity index (χ0n) is 15.6. The van der Waals surface area contributed by atoms with Crippen LogP contribution in [0.15, 0.2) is 0 Å². The van der Waals surface area contributed by atoms with E-state index in [4.69, 9.17) is 9.47 Å². The van der Waals surface area contributed by atoms with E-state index in [1.165, 1.54) is 0 Å². The number of likely N-dealkylation sites (N-methyl/N-ethyl adjacent to an activating group) is 1. The summed E-state index contributed by atoms with van der Waals surface area (Å²) in [5.74, 6) is 0. The van der Waals surface area contributed by atoms with Gasteiger partial charge in [-0.2, -0.15) is 0 Å². The molecule has 0 rings (SSSR count). The molecule has 22 heavy (non-hydrogen) atoms. The Morgan fingerprint density at radius 2 is 1.64 bits per heavy atom. The molecule has 0 heterocycles. The smallest absolute Gasteiger partial charge is 0.410 e. The Balaban J connectivity index is 4.68. The van der Waals surface area contributed by atoms with Gasteiger partial charge in [-0.3, -0.25) is 0 Å². The van der Waals surface area contributed by atoms with Crippen LogP contribution in [-0.2, 0) is 9.47 Å². The van der Waals surface area contributed by atoms with Crippen molar-refractivity contribution in [2.24, 2.45) is 5.41 Å². The Bertz CT molecular complexity index is 347. The summed E-state index contributed by atoms with van der Waals surface area (Å²) in [5, 5.41) is 0.670. The molecule has 4 nitrogen and oxygen atoms in total. The first-order valence-corrected chi connectivity index (χ1v) is 9.12. The normalized spacial score (nSPS) is 15.3. The summed E-state index contributed by atoms with van der Waals surface area (Å²) >= 11 is 3.52. The molecule has 132 valence electrons. The molecule has 0 radical (unpaired) electrons. The highest BCUT2D eigenvalue weighted by atomic mass is 79.9. The van der Waals surface area contributed by atoms with Crippen LogP contribution >= 0.6 is 15.9 Å². The van der Waals surface area contributed by atoms with Gasteiger partial charge in [0.05, 0.1) is 12.1 Å². The highest BCUT2D eigenvalue weighted by molar-refractivity contribution is 9.09. The van der Waals surface area contributed by atoms with Gasteiger partial charge in [0.25, 0.3) is 0 Å². The van der Waals surface area contributed by atoms with Gasteiger partial charge in [0.15, 0.2) is 0 Å². The highest BCUT2D eigenvalue weighted by Gasteiger charge is 2.31. The number of carbonyl (C=O) groups excluding carboxylic acids is 1. The first-order chi connectivity index (χ1) is 9.82. The van der Waals surface area contributed by atoms with Crippen molar-refractivity contribution in [3.8, 4) is 0 Å². The summed E-state index contributed by atoms with van der Waals surface area (Å²) in [6.07, 6.45) is 0.690. The van der Waals surface area contributed by atoms with E-state index >= 15 is 0 Å². The van der Waals surface area contributed by atoms with Crippen LogP contribution in [-0.4, -0.2) is 47.2 Å². The summed E-state index contributed by atoms with van der Waals surface area (Å²) in [7, 11) is 0. The maximum atomic E-state index is 12.2. The number of hydrogen-bond donors (Lipinski definition) is 0. The number of hydrogen-bond acceptors (Lipinski definition) is 3. The van der Waals surface area contributed by atoms with Crippen LogP contribution in [0.3, 0.4) is 0 Å². The van der Waals surface area contributed by atoms with Gasteiger partial charge < -0.3 is 14.4 Å². The lowest BCUT2D eigenvalue weighted by Gasteiger charge is -2.35. The van der Waals surface area contributed by atoms with Crippen molar-refractivity contribution < 1.29 is 14.3 Å². The fourth-order valence-electron chi connectivity index (χ4n) is 1.77. The van der Waals surface area contributed by atoms with Crippen molar-refractivity contribution in [1.82, 2.24) is 4.90 Å². The Hall–Kier alpha value is -0.290. The molecule has 0 bridgehead atoms. The van der Waals surface area contributed by atoms with Gasteiger partial charge >= 0.3 is 6.09 Å². The van der Waals surface area contributed by atoms with E-state index in [1.807, 2.05) is 34.6 Å². The Morgan fingerprint density at radius 3 is 2.00 bits per heavy atom. The van der Waals surface area contributed by atoms with E-state index in [1.54, 1.807) is 4.90 Å². The van der Waals surface area contributed by atoms with Gasteiger partial charge in [-0.05, 0) is 46.5 Å². The summed E-state index contributed by atoms with van der Waals surface area (Å²) in [4.78, 5) is 13.9. The maximum absolute atomic E-state index is 12.2. The van der Waals surface area contributed by atoms with E-state index in [0.29, 0.717) is 25.0 Å².